The third kappa shape index (κ3) is 5.48. The maximum absolute atomic E-state index is 5.96. The molecule has 2 unspecified atom stereocenters. The van der Waals surface area contributed by atoms with Crippen molar-refractivity contribution in [2.24, 2.45) is 5.92 Å². The summed E-state index contributed by atoms with van der Waals surface area (Å²) in [6, 6.07) is 17.6. The van der Waals surface area contributed by atoms with Crippen LogP contribution in [0.2, 0.25) is 0 Å². The van der Waals surface area contributed by atoms with Gasteiger partial charge in [0.15, 0.2) is 0 Å². The number of allylic oxidation sites excluding steroid dienone is 2. The van der Waals surface area contributed by atoms with Crippen LogP contribution in [0.5, 0.6) is 5.75 Å². The van der Waals surface area contributed by atoms with E-state index in [2.05, 4.69) is 75.4 Å². The van der Waals surface area contributed by atoms with E-state index in [1.807, 2.05) is 0 Å². The van der Waals surface area contributed by atoms with Crippen molar-refractivity contribution in [3.8, 4) is 16.9 Å². The smallest absolute Gasteiger partial charge is 0.119 e. The number of hydrogen-bond acceptors (Lipinski definition) is 1. The van der Waals surface area contributed by atoms with Crippen LogP contribution in [0, 0.1) is 5.92 Å². The summed E-state index contributed by atoms with van der Waals surface area (Å²) in [4.78, 5) is 0. The van der Waals surface area contributed by atoms with Crippen molar-refractivity contribution >= 4 is 5.57 Å². The molecule has 0 saturated heterocycles. The van der Waals surface area contributed by atoms with E-state index in [0.29, 0.717) is 0 Å². The monoisotopic (exact) mass is 362 g/mol. The largest absolute Gasteiger partial charge is 0.491 e. The molecule has 27 heavy (non-hydrogen) atoms. The molecular formula is C26H34O. The van der Waals surface area contributed by atoms with Gasteiger partial charge >= 0.3 is 0 Å². The second kappa shape index (κ2) is 9.78. The van der Waals surface area contributed by atoms with Gasteiger partial charge < -0.3 is 4.74 Å². The molecule has 2 aromatic carbocycles. The van der Waals surface area contributed by atoms with Crippen LogP contribution in [-0.2, 0) is 0 Å². The lowest BCUT2D eigenvalue weighted by atomic mass is 9.84. The Balaban J connectivity index is 1.63. The van der Waals surface area contributed by atoms with Gasteiger partial charge in [0, 0.05) is 0 Å². The first-order valence-electron chi connectivity index (χ1n) is 10.8. The Labute approximate surface area is 165 Å². The molecule has 144 valence electrons. The van der Waals surface area contributed by atoms with Crippen molar-refractivity contribution in [3.05, 3.63) is 60.2 Å². The highest BCUT2D eigenvalue weighted by atomic mass is 16.5. The van der Waals surface area contributed by atoms with Crippen LogP contribution in [0.4, 0.5) is 0 Å². The summed E-state index contributed by atoms with van der Waals surface area (Å²) in [5, 5.41) is 0. The van der Waals surface area contributed by atoms with Gasteiger partial charge in [-0.2, -0.15) is 0 Å². The van der Waals surface area contributed by atoms with Gasteiger partial charge in [-0.1, -0.05) is 75.6 Å². The molecule has 0 fully saturated rings. The summed E-state index contributed by atoms with van der Waals surface area (Å²) in [6.07, 6.45) is 11.5. The van der Waals surface area contributed by atoms with Gasteiger partial charge in [-0.3, -0.25) is 0 Å². The molecule has 0 spiro atoms. The number of rotatable bonds is 8. The van der Waals surface area contributed by atoms with E-state index < -0.39 is 0 Å². The third-order valence-corrected chi connectivity index (χ3v) is 5.69. The van der Waals surface area contributed by atoms with Crippen molar-refractivity contribution in [2.75, 3.05) is 0 Å². The molecule has 2 aromatic rings. The summed E-state index contributed by atoms with van der Waals surface area (Å²) in [7, 11) is 0. The summed E-state index contributed by atoms with van der Waals surface area (Å²) in [5.41, 5.74) is 5.44. The first kappa shape index (κ1) is 19.7. The van der Waals surface area contributed by atoms with Crippen LogP contribution in [0.15, 0.2) is 54.6 Å². The average Bonchev–Trinajstić information content (AvgIpc) is 2.70. The van der Waals surface area contributed by atoms with Crippen LogP contribution in [0.3, 0.4) is 0 Å². The zero-order chi connectivity index (χ0) is 19.1. The molecule has 0 aliphatic heterocycles. The average molecular weight is 363 g/mol. The molecule has 0 amide bonds. The predicted molar refractivity (Wildman–Crippen MR) is 117 cm³/mol. The lowest BCUT2D eigenvalue weighted by Crippen LogP contribution is -2.10. The fourth-order valence-electron chi connectivity index (χ4n) is 4.12. The van der Waals surface area contributed by atoms with Gasteiger partial charge in [0.1, 0.15) is 5.75 Å². The number of ether oxygens (including phenoxy) is 1. The highest BCUT2D eigenvalue weighted by Gasteiger charge is 2.14. The van der Waals surface area contributed by atoms with Gasteiger partial charge in [-0.05, 0) is 72.9 Å². The zero-order valence-electron chi connectivity index (χ0n) is 17.2. The fourth-order valence-corrected chi connectivity index (χ4v) is 4.12. The first-order valence-corrected chi connectivity index (χ1v) is 10.8. The molecule has 3 rings (SSSR count). The number of benzene rings is 2. The third-order valence-electron chi connectivity index (χ3n) is 5.69. The molecule has 0 radical (unpaired) electrons. The highest BCUT2D eigenvalue weighted by molar-refractivity contribution is 5.71. The molecule has 0 heterocycles. The SMILES string of the molecule is CCCC1CC=C(c2ccc(-c3ccc(OC(C)CCC)cc3)cc2)CC1. The van der Waals surface area contributed by atoms with Crippen LogP contribution in [-0.4, -0.2) is 6.10 Å². The van der Waals surface area contributed by atoms with E-state index in [0.717, 1.165) is 24.5 Å². The van der Waals surface area contributed by atoms with Crippen molar-refractivity contribution < 1.29 is 4.74 Å². The summed E-state index contributed by atoms with van der Waals surface area (Å²) in [5.74, 6) is 1.86. The Morgan fingerprint density at radius 3 is 2.07 bits per heavy atom. The minimum atomic E-state index is 0.279. The van der Waals surface area contributed by atoms with E-state index in [4.69, 9.17) is 4.74 Å². The summed E-state index contributed by atoms with van der Waals surface area (Å²) >= 11 is 0. The van der Waals surface area contributed by atoms with Crippen LogP contribution >= 0.6 is 0 Å². The first-order chi connectivity index (χ1) is 13.2. The van der Waals surface area contributed by atoms with Gasteiger partial charge in [-0.25, -0.2) is 0 Å². The lowest BCUT2D eigenvalue weighted by molar-refractivity contribution is 0.210. The second-order valence-corrected chi connectivity index (χ2v) is 7.98. The molecule has 0 saturated carbocycles. The van der Waals surface area contributed by atoms with E-state index in [-0.39, 0.29) is 6.10 Å². The molecule has 1 aliphatic carbocycles. The molecule has 1 aliphatic rings. The van der Waals surface area contributed by atoms with Crippen LogP contribution < -0.4 is 4.74 Å². The molecule has 0 aromatic heterocycles. The Bertz CT molecular complexity index is 724. The van der Waals surface area contributed by atoms with Crippen LogP contribution in [0.1, 0.15) is 71.3 Å². The van der Waals surface area contributed by atoms with E-state index in [9.17, 15) is 0 Å². The van der Waals surface area contributed by atoms with Crippen LogP contribution in [0.25, 0.3) is 16.7 Å². The fraction of sp³-hybridized carbons (Fsp3) is 0.462. The minimum absolute atomic E-state index is 0.279. The maximum atomic E-state index is 5.96. The maximum Gasteiger partial charge on any atom is 0.119 e. The van der Waals surface area contributed by atoms with E-state index >= 15 is 0 Å². The molecular weight excluding hydrogens is 328 g/mol. The van der Waals surface area contributed by atoms with E-state index in [1.165, 1.54) is 54.4 Å². The molecule has 1 nitrogen and oxygen atoms in total. The molecule has 0 bridgehead atoms. The zero-order valence-corrected chi connectivity index (χ0v) is 17.2. The quantitative estimate of drug-likeness (QED) is 0.463. The standard InChI is InChI=1S/C26H34O/c1-4-6-20(3)27-26-18-16-25(17-19-26)24-14-12-23(13-15-24)22-10-8-21(7-5-2)9-11-22/h10,12-21H,4-9,11H2,1-3H3. The topological polar surface area (TPSA) is 9.23 Å². The predicted octanol–water partition coefficient (Wildman–Crippen LogP) is 7.90. The molecule has 1 heteroatoms. The van der Waals surface area contributed by atoms with Gasteiger partial charge in [0.25, 0.3) is 0 Å². The highest BCUT2D eigenvalue weighted by Crippen LogP contribution is 2.33. The molecule has 0 N–H and O–H groups in total. The Morgan fingerprint density at radius 1 is 0.889 bits per heavy atom. The van der Waals surface area contributed by atoms with Gasteiger partial charge in [-0.15, -0.1) is 0 Å². The molecule has 2 atom stereocenters. The van der Waals surface area contributed by atoms with Crippen molar-refractivity contribution in [1.29, 1.82) is 0 Å². The van der Waals surface area contributed by atoms with E-state index in [1.54, 1.807) is 0 Å². The normalized spacial score (nSPS) is 18.0. The van der Waals surface area contributed by atoms with Crippen molar-refractivity contribution in [1.82, 2.24) is 0 Å². The Kier molecular flexibility index (Phi) is 7.15. The number of hydrogen-bond donors (Lipinski definition) is 0. The minimum Gasteiger partial charge on any atom is -0.491 e. The summed E-state index contributed by atoms with van der Waals surface area (Å²) < 4.78 is 5.96. The second-order valence-electron chi connectivity index (χ2n) is 7.98. The van der Waals surface area contributed by atoms with Gasteiger partial charge in [0.05, 0.1) is 6.10 Å². The Morgan fingerprint density at radius 2 is 1.52 bits per heavy atom. The summed E-state index contributed by atoms with van der Waals surface area (Å²) in [6.45, 7) is 6.63. The lowest BCUT2D eigenvalue weighted by Gasteiger charge is -2.21. The van der Waals surface area contributed by atoms with Crippen molar-refractivity contribution in [2.45, 2.75) is 71.8 Å². The van der Waals surface area contributed by atoms with Crippen molar-refractivity contribution in [3.63, 3.8) is 0 Å². The Hall–Kier alpha value is -2.02. The van der Waals surface area contributed by atoms with Gasteiger partial charge in [0.2, 0.25) is 0 Å².